The summed E-state index contributed by atoms with van der Waals surface area (Å²) in [6.45, 7) is 2.76. The van der Waals surface area contributed by atoms with Crippen molar-refractivity contribution < 1.29 is 19.5 Å². The molecule has 0 fully saturated rings. The lowest BCUT2D eigenvalue weighted by Crippen LogP contribution is -2.12. The normalized spacial score (nSPS) is 11.4. The van der Waals surface area contributed by atoms with Crippen LogP contribution in [-0.2, 0) is 16.2 Å². The molecule has 0 saturated heterocycles. The summed E-state index contributed by atoms with van der Waals surface area (Å²) in [4.78, 5) is 16.2. The van der Waals surface area contributed by atoms with Gasteiger partial charge in [0.1, 0.15) is 5.75 Å². The number of hydroxylamine groups is 1. The third-order valence-corrected chi connectivity index (χ3v) is 5.07. The van der Waals surface area contributed by atoms with Crippen molar-refractivity contribution >= 4 is 33.9 Å². The summed E-state index contributed by atoms with van der Waals surface area (Å²) in [6, 6.07) is 22.4. The number of para-hydroxylation sites is 2. The molecule has 2 N–H and O–H groups in total. The molecule has 4 aromatic rings. The van der Waals surface area contributed by atoms with Crippen LogP contribution < -0.4 is 10.2 Å². The van der Waals surface area contributed by atoms with Crippen LogP contribution in [0.15, 0.2) is 72.9 Å². The highest BCUT2D eigenvalue weighted by molar-refractivity contribution is 6.07. The first-order valence-corrected chi connectivity index (χ1v) is 10.1. The maximum atomic E-state index is 10.6. The van der Waals surface area contributed by atoms with Crippen molar-refractivity contribution in [3.63, 3.8) is 0 Å². The number of ether oxygens (including phenoxy) is 1. The zero-order chi connectivity index (χ0) is 21.6. The first-order valence-electron chi connectivity index (χ1n) is 10.1. The summed E-state index contributed by atoms with van der Waals surface area (Å²) in [5, 5.41) is 11.2. The average Bonchev–Trinajstić information content (AvgIpc) is 3.09. The highest BCUT2D eigenvalue weighted by Gasteiger charge is 2.09. The fourth-order valence-electron chi connectivity index (χ4n) is 3.70. The molecule has 0 saturated carbocycles. The minimum absolute atomic E-state index is 0.350. The Morgan fingerprint density at radius 1 is 1.03 bits per heavy atom. The van der Waals surface area contributed by atoms with Crippen LogP contribution in [0.2, 0.25) is 0 Å². The van der Waals surface area contributed by atoms with Crippen LogP contribution in [-0.4, -0.2) is 28.9 Å². The standard InChI is InChI=1S/C25H24N2O4/c1-18-16-19(10-11-24(18)30-17-25(28)29)12-13-26-31-15-14-27-22-8-4-2-6-20(22)21-7-3-5-9-23(21)27/h2-13,16,26H,14-15,17H2,1H3,(H,28,29). The lowest BCUT2D eigenvalue weighted by molar-refractivity contribution is -0.139. The number of aliphatic carboxylic acids is 1. The van der Waals surface area contributed by atoms with Gasteiger partial charge in [0, 0.05) is 34.6 Å². The molecule has 0 spiro atoms. The number of fused-ring (bicyclic) bond motifs is 3. The molecule has 3 aromatic carbocycles. The summed E-state index contributed by atoms with van der Waals surface area (Å²) < 4.78 is 7.51. The Balaban J connectivity index is 1.33. The highest BCUT2D eigenvalue weighted by Crippen LogP contribution is 2.28. The van der Waals surface area contributed by atoms with E-state index < -0.39 is 5.97 Å². The maximum Gasteiger partial charge on any atom is 0.341 e. The number of carboxylic acids is 1. The SMILES string of the molecule is Cc1cc(C=CNOCCn2c3ccccc3c3ccccc32)ccc1OCC(=O)O. The zero-order valence-electron chi connectivity index (χ0n) is 17.2. The molecule has 0 aliphatic rings. The molecular formula is C25H24N2O4. The topological polar surface area (TPSA) is 72.7 Å². The van der Waals surface area contributed by atoms with Crippen molar-refractivity contribution in [2.45, 2.75) is 13.5 Å². The third kappa shape index (κ3) is 4.70. The van der Waals surface area contributed by atoms with Gasteiger partial charge >= 0.3 is 5.97 Å². The summed E-state index contributed by atoms with van der Waals surface area (Å²) in [6.07, 6.45) is 3.62. The Morgan fingerprint density at radius 2 is 1.71 bits per heavy atom. The van der Waals surface area contributed by atoms with E-state index in [0.717, 1.165) is 17.7 Å². The van der Waals surface area contributed by atoms with Crippen LogP contribution in [0.25, 0.3) is 27.9 Å². The third-order valence-electron chi connectivity index (χ3n) is 5.07. The molecule has 6 nitrogen and oxygen atoms in total. The Kier molecular flexibility index (Phi) is 6.19. The minimum atomic E-state index is -0.995. The van der Waals surface area contributed by atoms with Crippen LogP contribution in [0.4, 0.5) is 0 Å². The van der Waals surface area contributed by atoms with E-state index in [1.807, 2.05) is 25.1 Å². The smallest absolute Gasteiger partial charge is 0.341 e. The molecule has 1 heterocycles. The fraction of sp³-hybridized carbons (Fsp3) is 0.160. The van der Waals surface area contributed by atoms with Crippen LogP contribution in [0.5, 0.6) is 5.75 Å². The first kappa shape index (κ1) is 20.5. The van der Waals surface area contributed by atoms with E-state index in [-0.39, 0.29) is 6.61 Å². The zero-order valence-corrected chi connectivity index (χ0v) is 17.2. The van der Waals surface area contributed by atoms with Crippen molar-refractivity contribution in [3.05, 3.63) is 84.1 Å². The van der Waals surface area contributed by atoms with Gasteiger partial charge in [0.15, 0.2) is 6.61 Å². The van der Waals surface area contributed by atoms with Crippen molar-refractivity contribution in [1.82, 2.24) is 10.0 Å². The second kappa shape index (κ2) is 9.36. The van der Waals surface area contributed by atoms with E-state index >= 15 is 0 Å². The summed E-state index contributed by atoms with van der Waals surface area (Å²) >= 11 is 0. The minimum Gasteiger partial charge on any atom is -0.482 e. The molecule has 0 amide bonds. The number of aromatic nitrogens is 1. The molecule has 6 heteroatoms. The predicted octanol–water partition coefficient (Wildman–Crippen LogP) is 4.76. The van der Waals surface area contributed by atoms with E-state index in [1.54, 1.807) is 12.3 Å². The van der Waals surface area contributed by atoms with E-state index in [2.05, 4.69) is 58.6 Å². The second-order valence-electron chi connectivity index (χ2n) is 7.19. The molecule has 0 radical (unpaired) electrons. The number of hydrogen-bond acceptors (Lipinski definition) is 4. The number of carboxylic acid groups (broad SMARTS) is 1. The van der Waals surface area contributed by atoms with Gasteiger partial charge in [-0.15, -0.1) is 0 Å². The second-order valence-corrected chi connectivity index (χ2v) is 7.19. The molecule has 4 rings (SSSR count). The molecule has 0 aliphatic heterocycles. The van der Waals surface area contributed by atoms with E-state index in [1.165, 1.54) is 21.8 Å². The lowest BCUT2D eigenvalue weighted by Gasteiger charge is -2.08. The summed E-state index contributed by atoms with van der Waals surface area (Å²) in [5.74, 6) is -0.430. The van der Waals surface area contributed by atoms with Crippen molar-refractivity contribution in [3.8, 4) is 5.75 Å². The van der Waals surface area contributed by atoms with Crippen molar-refractivity contribution in [2.24, 2.45) is 0 Å². The quantitative estimate of drug-likeness (QED) is 0.304. The Labute approximate surface area is 180 Å². The number of carbonyl (C=O) groups is 1. The predicted molar refractivity (Wildman–Crippen MR) is 122 cm³/mol. The number of aryl methyl sites for hydroxylation is 1. The van der Waals surface area contributed by atoms with Gasteiger partial charge in [0.25, 0.3) is 0 Å². The molecule has 0 bridgehead atoms. The van der Waals surface area contributed by atoms with Gasteiger partial charge in [-0.3, -0.25) is 10.3 Å². The Hall–Kier alpha value is -3.77. The van der Waals surface area contributed by atoms with Crippen LogP contribution >= 0.6 is 0 Å². The number of rotatable bonds is 9. The van der Waals surface area contributed by atoms with Gasteiger partial charge in [-0.2, -0.15) is 0 Å². The maximum absolute atomic E-state index is 10.6. The molecule has 0 aliphatic carbocycles. The molecule has 158 valence electrons. The molecule has 1 aromatic heterocycles. The largest absolute Gasteiger partial charge is 0.482 e. The Morgan fingerprint density at radius 3 is 2.35 bits per heavy atom. The van der Waals surface area contributed by atoms with E-state index in [4.69, 9.17) is 14.7 Å². The number of hydrogen-bond donors (Lipinski definition) is 2. The molecular weight excluding hydrogens is 392 g/mol. The monoisotopic (exact) mass is 416 g/mol. The molecule has 0 atom stereocenters. The Bertz CT molecular complexity index is 1190. The van der Waals surface area contributed by atoms with Gasteiger partial charge in [-0.1, -0.05) is 42.5 Å². The highest BCUT2D eigenvalue weighted by atomic mass is 16.6. The van der Waals surface area contributed by atoms with Crippen LogP contribution in [0.1, 0.15) is 11.1 Å². The molecule has 31 heavy (non-hydrogen) atoms. The van der Waals surface area contributed by atoms with Gasteiger partial charge in [-0.25, -0.2) is 4.79 Å². The number of nitrogens with one attached hydrogen (secondary N) is 1. The number of nitrogens with zero attached hydrogens (tertiary/aromatic N) is 1. The summed E-state index contributed by atoms with van der Waals surface area (Å²) in [5.41, 5.74) is 7.09. The summed E-state index contributed by atoms with van der Waals surface area (Å²) in [7, 11) is 0. The number of benzene rings is 3. The van der Waals surface area contributed by atoms with Gasteiger partial charge in [0.05, 0.1) is 6.61 Å². The van der Waals surface area contributed by atoms with Gasteiger partial charge in [0.2, 0.25) is 0 Å². The lowest BCUT2D eigenvalue weighted by atomic mass is 10.1. The van der Waals surface area contributed by atoms with E-state index in [0.29, 0.717) is 12.4 Å². The molecule has 0 unspecified atom stereocenters. The van der Waals surface area contributed by atoms with Gasteiger partial charge < -0.3 is 14.4 Å². The van der Waals surface area contributed by atoms with E-state index in [9.17, 15) is 4.79 Å². The van der Waals surface area contributed by atoms with Crippen LogP contribution in [0, 0.1) is 6.92 Å². The van der Waals surface area contributed by atoms with Gasteiger partial charge in [-0.05, 0) is 48.4 Å². The fourth-order valence-corrected chi connectivity index (χ4v) is 3.70. The first-order chi connectivity index (χ1) is 15.1. The van der Waals surface area contributed by atoms with Crippen molar-refractivity contribution in [2.75, 3.05) is 13.2 Å². The van der Waals surface area contributed by atoms with Crippen LogP contribution in [0.3, 0.4) is 0 Å². The average molecular weight is 416 g/mol. The van der Waals surface area contributed by atoms with Crippen molar-refractivity contribution in [1.29, 1.82) is 0 Å².